The summed E-state index contributed by atoms with van der Waals surface area (Å²) in [7, 11) is 0. The Balaban J connectivity index is 2.84. The van der Waals surface area contributed by atoms with E-state index in [0.29, 0.717) is 5.92 Å². The summed E-state index contributed by atoms with van der Waals surface area (Å²) >= 11 is 5.07. The highest BCUT2D eigenvalue weighted by Crippen LogP contribution is 2.23. The molecule has 0 bridgehead atoms. The third-order valence-corrected chi connectivity index (χ3v) is 3.39. The molecule has 0 aliphatic rings. The predicted octanol–water partition coefficient (Wildman–Crippen LogP) is 3.54. The Hall–Kier alpha value is -0.120. The van der Waals surface area contributed by atoms with Crippen molar-refractivity contribution >= 4 is 33.3 Å². The molecule has 1 nitrogen and oxygen atoms in total. The van der Waals surface area contributed by atoms with Gasteiger partial charge in [0.1, 0.15) is 0 Å². The van der Waals surface area contributed by atoms with Crippen LogP contribution in [0.15, 0.2) is 20.8 Å². The highest BCUT2D eigenvalue weighted by atomic mass is 79.9. The molecule has 1 N–H and O–H groups in total. The van der Waals surface area contributed by atoms with Crippen molar-refractivity contribution in [2.75, 3.05) is 6.61 Å². The van der Waals surface area contributed by atoms with E-state index < -0.39 is 0 Å². The van der Waals surface area contributed by atoms with Crippen LogP contribution in [0, 0.1) is 5.92 Å². The minimum absolute atomic E-state index is 0.144. The van der Waals surface area contributed by atoms with Crippen LogP contribution in [0.2, 0.25) is 0 Å². The lowest BCUT2D eigenvalue weighted by molar-refractivity contribution is 0.320. The molecule has 0 aliphatic carbocycles. The zero-order valence-corrected chi connectivity index (χ0v) is 10.2. The van der Waals surface area contributed by atoms with Crippen molar-refractivity contribution in [1.29, 1.82) is 0 Å². The maximum atomic E-state index is 9.09. The summed E-state index contributed by atoms with van der Waals surface area (Å²) in [5.74, 6) is 0.406. The van der Waals surface area contributed by atoms with Crippen LogP contribution in [0.25, 0.3) is 6.08 Å². The first-order valence-corrected chi connectivity index (χ1v) is 5.86. The van der Waals surface area contributed by atoms with Gasteiger partial charge in [-0.1, -0.05) is 19.9 Å². The van der Waals surface area contributed by atoms with Gasteiger partial charge in [0, 0.05) is 0 Å². The molecule has 0 radical (unpaired) electrons. The van der Waals surface area contributed by atoms with Crippen molar-refractivity contribution in [3.8, 4) is 0 Å². The molecular weight excluding hydrogens is 248 g/mol. The van der Waals surface area contributed by atoms with Crippen LogP contribution in [-0.4, -0.2) is 11.7 Å². The van der Waals surface area contributed by atoms with E-state index in [-0.39, 0.29) is 6.61 Å². The Kier molecular flexibility index (Phi) is 4.16. The molecule has 0 fully saturated rings. The number of hydrogen-bond acceptors (Lipinski definition) is 2. The topological polar surface area (TPSA) is 20.2 Å². The minimum atomic E-state index is 0.144. The molecule has 0 aliphatic heterocycles. The largest absolute Gasteiger partial charge is 0.392 e. The average molecular weight is 261 g/mol. The fourth-order valence-electron chi connectivity index (χ4n) is 1.01. The van der Waals surface area contributed by atoms with Gasteiger partial charge in [-0.05, 0) is 44.4 Å². The van der Waals surface area contributed by atoms with Gasteiger partial charge in [0.05, 0.1) is 10.4 Å². The quantitative estimate of drug-likeness (QED) is 0.882. The van der Waals surface area contributed by atoms with E-state index >= 15 is 0 Å². The first kappa shape index (κ1) is 11.0. The third kappa shape index (κ3) is 3.25. The summed E-state index contributed by atoms with van der Waals surface area (Å²) < 4.78 is 1.12. The van der Waals surface area contributed by atoms with Crippen LogP contribution in [-0.2, 0) is 0 Å². The van der Waals surface area contributed by atoms with Crippen LogP contribution in [0.1, 0.15) is 19.4 Å². The van der Waals surface area contributed by atoms with E-state index in [9.17, 15) is 0 Å². The molecule has 0 saturated heterocycles. The van der Waals surface area contributed by atoms with Crippen molar-refractivity contribution in [3.05, 3.63) is 26.4 Å². The molecular formula is C10H13BrOS. The highest BCUT2D eigenvalue weighted by Gasteiger charge is 2.02. The van der Waals surface area contributed by atoms with Gasteiger partial charge in [-0.25, -0.2) is 0 Å². The Morgan fingerprint density at radius 2 is 2.38 bits per heavy atom. The minimum Gasteiger partial charge on any atom is -0.392 e. The Bertz CT molecular complexity index is 302. The molecule has 1 aromatic heterocycles. The number of aliphatic hydroxyl groups excluding tert-OH is 1. The van der Waals surface area contributed by atoms with E-state index in [1.54, 1.807) is 11.3 Å². The van der Waals surface area contributed by atoms with Crippen LogP contribution < -0.4 is 0 Å². The highest BCUT2D eigenvalue weighted by molar-refractivity contribution is 9.11. The van der Waals surface area contributed by atoms with Crippen LogP contribution >= 0.6 is 27.3 Å². The number of thiophene rings is 1. The number of rotatable bonds is 3. The maximum absolute atomic E-state index is 9.09. The molecule has 1 rings (SSSR count). The summed E-state index contributed by atoms with van der Waals surface area (Å²) in [5.41, 5.74) is 2.24. The fourth-order valence-corrected chi connectivity index (χ4v) is 2.14. The van der Waals surface area contributed by atoms with Crippen LogP contribution in [0.4, 0.5) is 0 Å². The molecule has 0 unspecified atom stereocenters. The van der Waals surface area contributed by atoms with Gasteiger partial charge in [0.15, 0.2) is 0 Å². The molecule has 0 spiro atoms. The van der Waals surface area contributed by atoms with Gasteiger partial charge in [0.2, 0.25) is 0 Å². The second-order valence-corrected chi connectivity index (χ2v) is 5.51. The van der Waals surface area contributed by atoms with Gasteiger partial charge in [-0.15, -0.1) is 11.3 Å². The predicted molar refractivity (Wildman–Crippen MR) is 61.9 cm³/mol. The van der Waals surface area contributed by atoms with E-state index in [4.69, 9.17) is 5.11 Å². The SMILES string of the molecule is CC(C)/C(=C/c1csc(Br)c1)CO. The molecule has 1 heterocycles. The van der Waals surface area contributed by atoms with Crippen molar-refractivity contribution in [2.24, 2.45) is 5.92 Å². The number of aliphatic hydroxyl groups is 1. The lowest BCUT2D eigenvalue weighted by Crippen LogP contribution is -1.98. The molecule has 3 heteroatoms. The summed E-state index contributed by atoms with van der Waals surface area (Å²) in [6, 6.07) is 2.06. The molecule has 0 amide bonds. The van der Waals surface area contributed by atoms with Crippen molar-refractivity contribution in [2.45, 2.75) is 13.8 Å². The molecule has 0 atom stereocenters. The molecule has 0 saturated carbocycles. The van der Waals surface area contributed by atoms with Crippen molar-refractivity contribution < 1.29 is 5.11 Å². The normalized spacial score (nSPS) is 12.5. The van der Waals surface area contributed by atoms with E-state index in [1.807, 2.05) is 6.08 Å². The van der Waals surface area contributed by atoms with Crippen molar-refractivity contribution in [3.63, 3.8) is 0 Å². The van der Waals surface area contributed by atoms with Gasteiger partial charge in [-0.3, -0.25) is 0 Å². The average Bonchev–Trinajstić information content (AvgIpc) is 2.46. The number of halogens is 1. The zero-order chi connectivity index (χ0) is 9.84. The van der Waals surface area contributed by atoms with E-state index in [0.717, 1.165) is 14.9 Å². The zero-order valence-electron chi connectivity index (χ0n) is 7.75. The van der Waals surface area contributed by atoms with Gasteiger partial charge < -0.3 is 5.11 Å². The smallest absolute Gasteiger partial charge is 0.0704 e. The molecule has 13 heavy (non-hydrogen) atoms. The van der Waals surface area contributed by atoms with E-state index in [2.05, 4.69) is 41.2 Å². The fraction of sp³-hybridized carbons (Fsp3) is 0.400. The third-order valence-electron chi connectivity index (χ3n) is 1.86. The number of hydrogen-bond donors (Lipinski definition) is 1. The van der Waals surface area contributed by atoms with Gasteiger partial charge in [-0.2, -0.15) is 0 Å². The van der Waals surface area contributed by atoms with Gasteiger partial charge in [0.25, 0.3) is 0 Å². The first-order valence-electron chi connectivity index (χ1n) is 4.19. The van der Waals surface area contributed by atoms with Crippen LogP contribution in [0.3, 0.4) is 0 Å². The second-order valence-electron chi connectivity index (χ2n) is 3.22. The summed E-state index contributed by atoms with van der Waals surface area (Å²) in [5, 5.41) is 11.2. The Morgan fingerprint density at radius 3 is 2.77 bits per heavy atom. The Morgan fingerprint density at radius 1 is 1.69 bits per heavy atom. The lowest BCUT2D eigenvalue weighted by atomic mass is 10.0. The molecule has 0 aromatic carbocycles. The first-order chi connectivity index (χ1) is 6.13. The summed E-state index contributed by atoms with van der Waals surface area (Å²) in [6.45, 7) is 4.32. The Labute approximate surface area is 91.2 Å². The monoisotopic (exact) mass is 260 g/mol. The lowest BCUT2D eigenvalue weighted by Gasteiger charge is -2.06. The van der Waals surface area contributed by atoms with Crippen LogP contribution in [0.5, 0.6) is 0 Å². The van der Waals surface area contributed by atoms with Gasteiger partial charge >= 0.3 is 0 Å². The standard InChI is InChI=1S/C10H13BrOS/c1-7(2)9(5-12)3-8-4-10(11)13-6-8/h3-4,6-7,12H,5H2,1-2H3/b9-3+. The molecule has 72 valence electrons. The molecule has 1 aromatic rings. The maximum Gasteiger partial charge on any atom is 0.0704 e. The second kappa shape index (κ2) is 4.94. The summed E-state index contributed by atoms with van der Waals surface area (Å²) in [4.78, 5) is 0. The van der Waals surface area contributed by atoms with E-state index in [1.165, 1.54) is 0 Å². The van der Waals surface area contributed by atoms with Crippen molar-refractivity contribution in [1.82, 2.24) is 0 Å². The summed E-state index contributed by atoms with van der Waals surface area (Å²) in [6.07, 6.45) is 2.05.